The molecule has 2 fully saturated rings. The van der Waals surface area contributed by atoms with E-state index in [1.165, 1.54) is 26.1 Å². The number of hydrogen-bond acceptors (Lipinski definition) is 6. The molecule has 13 heteroatoms. The van der Waals surface area contributed by atoms with Gasteiger partial charge >= 0.3 is 6.03 Å². The lowest BCUT2D eigenvalue weighted by atomic mass is 9.96. The summed E-state index contributed by atoms with van der Waals surface area (Å²) in [5.41, 5.74) is 2.47. The quantitative estimate of drug-likeness (QED) is 0.282. The van der Waals surface area contributed by atoms with Crippen LogP contribution in [0.3, 0.4) is 0 Å². The van der Waals surface area contributed by atoms with Gasteiger partial charge in [0, 0.05) is 74.0 Å². The number of urea groups is 1. The van der Waals surface area contributed by atoms with Gasteiger partial charge in [-0.2, -0.15) is 0 Å². The number of carbonyl (C=O) groups excluding carboxylic acids is 4. The molecule has 0 aliphatic carbocycles. The van der Waals surface area contributed by atoms with Crippen molar-refractivity contribution in [1.82, 2.24) is 20.4 Å². The Morgan fingerprint density at radius 1 is 1.00 bits per heavy atom. The van der Waals surface area contributed by atoms with Gasteiger partial charge in [-0.1, -0.05) is 65.7 Å². The summed E-state index contributed by atoms with van der Waals surface area (Å²) in [4.78, 5) is 51.5. The number of benzene rings is 3. The lowest BCUT2D eigenvalue weighted by Gasteiger charge is -2.33. The van der Waals surface area contributed by atoms with Crippen LogP contribution in [0.5, 0.6) is 5.75 Å². The van der Waals surface area contributed by atoms with Crippen LogP contribution in [0.25, 0.3) is 22.3 Å². The van der Waals surface area contributed by atoms with Crippen LogP contribution in [0.4, 0.5) is 14.9 Å². The average Bonchev–Trinajstić information content (AvgIpc) is 3.44. The van der Waals surface area contributed by atoms with Gasteiger partial charge in [-0.25, -0.2) is 9.18 Å². The van der Waals surface area contributed by atoms with Crippen LogP contribution in [0.2, 0.25) is 10.0 Å². The van der Waals surface area contributed by atoms with Crippen molar-refractivity contribution in [2.24, 2.45) is 5.92 Å². The van der Waals surface area contributed by atoms with Gasteiger partial charge in [0.15, 0.2) is 11.6 Å². The van der Waals surface area contributed by atoms with Gasteiger partial charge in [0.1, 0.15) is 5.92 Å². The minimum absolute atomic E-state index is 0.0300. The second-order valence-corrected chi connectivity index (χ2v) is 11.7. The monoisotopic (exact) mass is 655 g/mol. The molecule has 45 heavy (non-hydrogen) atoms. The van der Waals surface area contributed by atoms with Crippen LogP contribution in [-0.2, 0) is 20.9 Å². The Balaban J connectivity index is 1.39. The zero-order valence-electron chi connectivity index (χ0n) is 24.9. The predicted octanol–water partition coefficient (Wildman–Crippen LogP) is 4.92. The van der Waals surface area contributed by atoms with Crippen LogP contribution in [-0.4, -0.2) is 73.9 Å². The molecule has 3 aromatic carbocycles. The summed E-state index contributed by atoms with van der Waals surface area (Å²) in [6.45, 7) is 0.822. The smallest absolute Gasteiger partial charge is 0.326 e. The minimum Gasteiger partial charge on any atom is -0.493 e. The van der Waals surface area contributed by atoms with Gasteiger partial charge < -0.3 is 25.6 Å². The zero-order valence-corrected chi connectivity index (χ0v) is 26.4. The fraction of sp³-hybridized carbons (Fsp3) is 0.312. The third kappa shape index (κ3) is 6.47. The van der Waals surface area contributed by atoms with E-state index < -0.39 is 29.6 Å². The Morgan fingerprint density at radius 3 is 2.33 bits per heavy atom. The Hall–Kier alpha value is -4.19. The van der Waals surface area contributed by atoms with Gasteiger partial charge in [0.2, 0.25) is 17.7 Å². The molecule has 3 N–H and O–H groups in total. The van der Waals surface area contributed by atoms with Crippen molar-refractivity contribution in [3.63, 3.8) is 0 Å². The van der Waals surface area contributed by atoms with Crippen molar-refractivity contribution in [2.75, 3.05) is 39.6 Å². The highest BCUT2D eigenvalue weighted by atomic mass is 35.5. The maximum Gasteiger partial charge on any atom is 0.326 e. The van der Waals surface area contributed by atoms with Crippen molar-refractivity contribution < 1.29 is 28.3 Å². The summed E-state index contributed by atoms with van der Waals surface area (Å²) < 4.78 is 21.3. The standard InChI is InChI=1S/C32H32Cl2FN5O5/c1-39-16-23(31(43)40(2)32(39)44)30(42)38-24-9-5-8-20(27(24)34)19-6-4-7-21(26(19)33)22-12-10-17(29(45-3)28(22)35)14-36-15-18-11-13-25(41)37-18/h4-10,12,18,23,36H,11,13-16H2,1-3H3,(H,37,41)(H,38,42)/t18-,23?/m0/s1. The molecular formula is C32H32Cl2FN5O5. The third-order valence-corrected chi connectivity index (χ3v) is 8.84. The molecule has 2 atom stereocenters. The normalized spacial score (nSPS) is 18.3. The van der Waals surface area contributed by atoms with Crippen LogP contribution in [0, 0.1) is 11.7 Å². The molecule has 2 aliphatic rings. The highest BCUT2D eigenvalue weighted by Gasteiger charge is 2.39. The molecule has 5 amide bonds. The SMILES string of the molecule is COc1c(CNC[C@@H]2CCC(=O)N2)ccc(-c2cccc(-c3cccc(NC(=O)C4CN(C)C(=O)N(C)C4=O)c3Cl)c2Cl)c1F. The predicted molar refractivity (Wildman–Crippen MR) is 170 cm³/mol. The molecule has 2 heterocycles. The Labute approximate surface area is 269 Å². The van der Waals surface area contributed by atoms with E-state index in [1.807, 2.05) is 0 Å². The summed E-state index contributed by atoms with van der Waals surface area (Å²) >= 11 is 13.6. The van der Waals surface area contributed by atoms with Crippen molar-refractivity contribution in [3.8, 4) is 28.0 Å². The fourth-order valence-electron chi connectivity index (χ4n) is 5.59. The number of nitrogens with one attached hydrogen (secondary N) is 3. The van der Waals surface area contributed by atoms with Gasteiger partial charge in [0.25, 0.3) is 0 Å². The van der Waals surface area contributed by atoms with E-state index in [0.717, 1.165) is 11.3 Å². The highest BCUT2D eigenvalue weighted by Crippen LogP contribution is 2.43. The Morgan fingerprint density at radius 2 is 1.67 bits per heavy atom. The second kappa shape index (κ2) is 13.4. The molecule has 0 saturated carbocycles. The molecule has 1 unspecified atom stereocenters. The van der Waals surface area contributed by atoms with Crippen molar-refractivity contribution in [3.05, 3.63) is 70.0 Å². The van der Waals surface area contributed by atoms with Gasteiger partial charge in [-0.15, -0.1) is 0 Å². The zero-order chi connectivity index (χ0) is 32.4. The van der Waals surface area contributed by atoms with Gasteiger partial charge in [0.05, 0.1) is 22.8 Å². The van der Waals surface area contributed by atoms with Gasteiger partial charge in [-0.3, -0.25) is 19.3 Å². The lowest BCUT2D eigenvalue weighted by molar-refractivity contribution is -0.140. The molecule has 2 saturated heterocycles. The van der Waals surface area contributed by atoms with Crippen LogP contribution < -0.4 is 20.7 Å². The fourth-order valence-corrected chi connectivity index (χ4v) is 6.19. The first-order chi connectivity index (χ1) is 21.5. The van der Waals surface area contributed by atoms with Crippen molar-refractivity contribution in [2.45, 2.75) is 25.4 Å². The molecule has 3 aromatic rings. The van der Waals surface area contributed by atoms with Crippen molar-refractivity contribution >= 4 is 52.6 Å². The Bertz CT molecular complexity index is 1690. The minimum atomic E-state index is -1.11. The molecule has 0 bridgehead atoms. The van der Waals surface area contributed by atoms with E-state index >= 15 is 4.39 Å². The summed E-state index contributed by atoms with van der Waals surface area (Å²) in [5.74, 6) is -2.80. The van der Waals surface area contributed by atoms with E-state index in [9.17, 15) is 19.2 Å². The molecule has 236 valence electrons. The number of carbonyl (C=O) groups is 4. The first-order valence-electron chi connectivity index (χ1n) is 14.3. The largest absolute Gasteiger partial charge is 0.493 e. The number of hydrogen-bond donors (Lipinski definition) is 3. The maximum absolute atomic E-state index is 15.9. The summed E-state index contributed by atoms with van der Waals surface area (Å²) in [6.07, 6.45) is 1.26. The topological polar surface area (TPSA) is 120 Å². The maximum atomic E-state index is 15.9. The number of methoxy groups -OCH3 is 1. The van der Waals surface area contributed by atoms with E-state index in [0.29, 0.717) is 41.8 Å². The molecule has 5 rings (SSSR count). The van der Waals surface area contributed by atoms with Crippen LogP contribution in [0.1, 0.15) is 18.4 Å². The Kier molecular flexibility index (Phi) is 9.62. The van der Waals surface area contributed by atoms with E-state index in [-0.39, 0.29) is 45.5 Å². The summed E-state index contributed by atoms with van der Waals surface area (Å²) in [5, 5.41) is 9.25. The van der Waals surface area contributed by atoms with Crippen LogP contribution in [0.15, 0.2) is 48.5 Å². The third-order valence-electron chi connectivity index (χ3n) is 8.02. The first kappa shape index (κ1) is 32.2. The summed E-state index contributed by atoms with van der Waals surface area (Å²) in [7, 11) is 4.23. The summed E-state index contributed by atoms with van der Waals surface area (Å²) in [6, 6.07) is 13.1. The molecular weight excluding hydrogens is 624 g/mol. The number of imide groups is 1. The van der Waals surface area contributed by atoms with Crippen molar-refractivity contribution in [1.29, 1.82) is 0 Å². The van der Waals surface area contributed by atoms with E-state index in [2.05, 4.69) is 16.0 Å². The molecule has 0 aromatic heterocycles. The highest BCUT2D eigenvalue weighted by molar-refractivity contribution is 6.39. The first-order valence-corrected chi connectivity index (χ1v) is 15.0. The number of anilines is 1. The average molecular weight is 657 g/mol. The molecule has 0 radical (unpaired) electrons. The number of nitrogens with zero attached hydrogens (tertiary/aromatic N) is 2. The van der Waals surface area contributed by atoms with Gasteiger partial charge in [-0.05, 0) is 12.5 Å². The lowest BCUT2D eigenvalue weighted by Crippen LogP contribution is -2.56. The van der Waals surface area contributed by atoms with E-state index in [4.69, 9.17) is 27.9 Å². The second-order valence-electron chi connectivity index (χ2n) is 11.0. The number of ether oxygens (including phenoxy) is 1. The van der Waals surface area contributed by atoms with Crippen LogP contribution >= 0.6 is 23.2 Å². The molecule has 10 nitrogen and oxygen atoms in total. The number of halogens is 3. The molecule has 2 aliphatic heterocycles. The molecule has 0 spiro atoms. The number of rotatable bonds is 9. The van der Waals surface area contributed by atoms with E-state index in [1.54, 1.807) is 48.5 Å². The number of amides is 5.